The summed E-state index contributed by atoms with van der Waals surface area (Å²) in [6.45, 7) is 0. The van der Waals surface area contributed by atoms with Crippen molar-refractivity contribution >= 4 is 23.2 Å². The molecular weight excluding hydrogens is 293 g/mol. The molecule has 0 amide bonds. The summed E-state index contributed by atoms with van der Waals surface area (Å²) in [4.78, 5) is 4.28. The van der Waals surface area contributed by atoms with Crippen LogP contribution in [0.4, 0.5) is 0 Å². The molecule has 0 saturated heterocycles. The number of hydrogen-bond acceptors (Lipinski definition) is 2. The SMILES string of the molecule is N[C@@H]1CCCC[C@H]1n1cncc1-c1cc(Cl)ccc1Cl. The number of aromatic nitrogens is 2. The van der Waals surface area contributed by atoms with E-state index in [9.17, 15) is 0 Å². The summed E-state index contributed by atoms with van der Waals surface area (Å²) in [6, 6.07) is 5.95. The van der Waals surface area contributed by atoms with Gasteiger partial charge < -0.3 is 10.3 Å². The summed E-state index contributed by atoms with van der Waals surface area (Å²) >= 11 is 12.4. The number of rotatable bonds is 2. The molecule has 1 aliphatic carbocycles. The number of nitrogens with zero attached hydrogens (tertiary/aromatic N) is 2. The van der Waals surface area contributed by atoms with Crippen LogP contribution in [0.25, 0.3) is 11.3 Å². The monoisotopic (exact) mass is 309 g/mol. The fraction of sp³-hybridized carbons (Fsp3) is 0.400. The van der Waals surface area contributed by atoms with E-state index in [2.05, 4.69) is 9.55 Å². The summed E-state index contributed by atoms with van der Waals surface area (Å²) in [7, 11) is 0. The zero-order valence-corrected chi connectivity index (χ0v) is 12.6. The van der Waals surface area contributed by atoms with Crippen LogP contribution < -0.4 is 5.73 Å². The third-order valence-electron chi connectivity index (χ3n) is 4.01. The van der Waals surface area contributed by atoms with Gasteiger partial charge in [0.1, 0.15) is 0 Å². The average molecular weight is 310 g/mol. The third-order valence-corrected chi connectivity index (χ3v) is 4.57. The molecule has 0 unspecified atom stereocenters. The summed E-state index contributed by atoms with van der Waals surface area (Å²) in [6.07, 6.45) is 8.24. The van der Waals surface area contributed by atoms with E-state index in [1.54, 1.807) is 6.07 Å². The number of benzene rings is 1. The van der Waals surface area contributed by atoms with E-state index in [1.807, 2.05) is 24.7 Å². The van der Waals surface area contributed by atoms with Gasteiger partial charge in [0.25, 0.3) is 0 Å². The molecule has 1 aromatic carbocycles. The lowest BCUT2D eigenvalue weighted by Gasteiger charge is -2.31. The molecule has 1 heterocycles. The van der Waals surface area contributed by atoms with Gasteiger partial charge in [-0.1, -0.05) is 36.0 Å². The summed E-state index contributed by atoms with van der Waals surface area (Å²) < 4.78 is 2.15. The molecule has 0 bridgehead atoms. The van der Waals surface area contributed by atoms with Gasteiger partial charge in [-0.3, -0.25) is 0 Å². The molecule has 3 nitrogen and oxygen atoms in total. The van der Waals surface area contributed by atoms with Crippen LogP contribution in [0.1, 0.15) is 31.7 Å². The maximum absolute atomic E-state index is 6.30. The van der Waals surface area contributed by atoms with E-state index in [4.69, 9.17) is 28.9 Å². The second-order valence-electron chi connectivity index (χ2n) is 5.33. The van der Waals surface area contributed by atoms with E-state index in [-0.39, 0.29) is 12.1 Å². The van der Waals surface area contributed by atoms with Crippen LogP contribution in [0.15, 0.2) is 30.7 Å². The second-order valence-corrected chi connectivity index (χ2v) is 6.17. The first-order valence-corrected chi connectivity index (χ1v) is 7.65. The van der Waals surface area contributed by atoms with E-state index >= 15 is 0 Å². The van der Waals surface area contributed by atoms with Crippen LogP contribution >= 0.6 is 23.2 Å². The molecule has 20 heavy (non-hydrogen) atoms. The highest BCUT2D eigenvalue weighted by molar-refractivity contribution is 6.35. The Balaban J connectivity index is 2.03. The highest BCUT2D eigenvalue weighted by Gasteiger charge is 2.25. The minimum absolute atomic E-state index is 0.176. The first kappa shape index (κ1) is 13.9. The van der Waals surface area contributed by atoms with Crippen molar-refractivity contribution in [2.45, 2.75) is 37.8 Å². The van der Waals surface area contributed by atoms with Gasteiger partial charge in [0.15, 0.2) is 0 Å². The predicted octanol–water partition coefficient (Wildman–Crippen LogP) is 4.30. The van der Waals surface area contributed by atoms with Crippen LogP contribution in [-0.4, -0.2) is 15.6 Å². The van der Waals surface area contributed by atoms with E-state index in [0.717, 1.165) is 24.1 Å². The maximum Gasteiger partial charge on any atom is 0.0954 e. The van der Waals surface area contributed by atoms with Gasteiger partial charge in [-0.2, -0.15) is 0 Å². The minimum atomic E-state index is 0.176. The molecule has 5 heteroatoms. The fourth-order valence-electron chi connectivity index (χ4n) is 2.96. The van der Waals surface area contributed by atoms with Crippen molar-refractivity contribution < 1.29 is 0 Å². The van der Waals surface area contributed by atoms with Crippen molar-refractivity contribution in [3.05, 3.63) is 40.8 Å². The Bertz CT molecular complexity index is 609. The first-order chi connectivity index (χ1) is 9.66. The maximum atomic E-state index is 6.30. The molecule has 3 rings (SSSR count). The van der Waals surface area contributed by atoms with Crippen molar-refractivity contribution in [1.82, 2.24) is 9.55 Å². The Morgan fingerprint density at radius 3 is 2.80 bits per heavy atom. The minimum Gasteiger partial charge on any atom is -0.326 e. The molecular formula is C15H17Cl2N3. The molecule has 1 aliphatic rings. The Morgan fingerprint density at radius 1 is 1.20 bits per heavy atom. The molecule has 2 atom stereocenters. The van der Waals surface area contributed by atoms with Crippen molar-refractivity contribution in [2.75, 3.05) is 0 Å². The number of nitrogens with two attached hydrogens (primary N) is 1. The molecule has 106 valence electrons. The zero-order chi connectivity index (χ0) is 14.1. The highest BCUT2D eigenvalue weighted by atomic mass is 35.5. The molecule has 0 aliphatic heterocycles. The molecule has 0 spiro atoms. The molecule has 2 N–H and O–H groups in total. The Labute approximate surface area is 128 Å². The van der Waals surface area contributed by atoms with Crippen LogP contribution in [0.5, 0.6) is 0 Å². The smallest absolute Gasteiger partial charge is 0.0954 e. The van der Waals surface area contributed by atoms with Crippen molar-refractivity contribution in [2.24, 2.45) is 5.73 Å². The van der Waals surface area contributed by atoms with Gasteiger partial charge in [-0.15, -0.1) is 0 Å². The molecule has 1 saturated carbocycles. The van der Waals surface area contributed by atoms with Crippen molar-refractivity contribution in [3.8, 4) is 11.3 Å². The van der Waals surface area contributed by atoms with Gasteiger partial charge >= 0.3 is 0 Å². The van der Waals surface area contributed by atoms with Gasteiger partial charge in [-0.25, -0.2) is 4.98 Å². The van der Waals surface area contributed by atoms with Gasteiger partial charge in [-0.05, 0) is 31.0 Å². The molecule has 1 aromatic heterocycles. The zero-order valence-electron chi connectivity index (χ0n) is 11.1. The normalized spacial score (nSPS) is 22.9. The quantitative estimate of drug-likeness (QED) is 0.899. The van der Waals surface area contributed by atoms with Crippen LogP contribution in [0.3, 0.4) is 0 Å². The standard InChI is InChI=1S/C15H17Cl2N3/c16-10-5-6-12(17)11(7-10)15-8-19-9-20(15)14-4-2-1-3-13(14)18/h5-9,13-14H,1-4,18H2/t13-,14-/m1/s1. The number of imidazole rings is 1. The summed E-state index contributed by atoms with van der Waals surface area (Å²) in [5.74, 6) is 0. The predicted molar refractivity (Wildman–Crippen MR) is 83.2 cm³/mol. The largest absolute Gasteiger partial charge is 0.326 e. The van der Waals surface area contributed by atoms with E-state index < -0.39 is 0 Å². The van der Waals surface area contributed by atoms with Crippen LogP contribution in [0.2, 0.25) is 10.0 Å². The number of halogens is 2. The van der Waals surface area contributed by atoms with Crippen molar-refractivity contribution in [3.63, 3.8) is 0 Å². The van der Waals surface area contributed by atoms with E-state index in [0.29, 0.717) is 10.0 Å². The van der Waals surface area contributed by atoms with Gasteiger partial charge in [0, 0.05) is 16.6 Å². The Hall–Kier alpha value is -1.03. The molecule has 0 radical (unpaired) electrons. The van der Waals surface area contributed by atoms with Crippen LogP contribution in [0, 0.1) is 0 Å². The van der Waals surface area contributed by atoms with Crippen molar-refractivity contribution in [1.29, 1.82) is 0 Å². The van der Waals surface area contributed by atoms with Gasteiger partial charge in [0.05, 0.1) is 29.3 Å². The summed E-state index contributed by atoms with van der Waals surface area (Å²) in [5.41, 5.74) is 8.17. The lowest BCUT2D eigenvalue weighted by atomic mass is 9.90. The molecule has 2 aromatic rings. The second kappa shape index (κ2) is 5.76. The van der Waals surface area contributed by atoms with Gasteiger partial charge in [0.2, 0.25) is 0 Å². The first-order valence-electron chi connectivity index (χ1n) is 6.89. The highest BCUT2D eigenvalue weighted by Crippen LogP contribution is 2.35. The molecule has 1 fully saturated rings. The van der Waals surface area contributed by atoms with E-state index in [1.165, 1.54) is 12.8 Å². The lowest BCUT2D eigenvalue weighted by Crippen LogP contribution is -2.35. The Kier molecular flexibility index (Phi) is 4.01. The fourth-order valence-corrected chi connectivity index (χ4v) is 3.34. The lowest BCUT2D eigenvalue weighted by molar-refractivity contribution is 0.308. The summed E-state index contributed by atoms with van der Waals surface area (Å²) in [5, 5.41) is 1.35. The topological polar surface area (TPSA) is 43.8 Å². The third kappa shape index (κ3) is 2.58. The Morgan fingerprint density at radius 2 is 2.00 bits per heavy atom. The average Bonchev–Trinajstić information content (AvgIpc) is 2.91. The number of hydrogen-bond donors (Lipinski definition) is 1. The van der Waals surface area contributed by atoms with Crippen LogP contribution in [-0.2, 0) is 0 Å².